The van der Waals surface area contributed by atoms with E-state index in [9.17, 15) is 9.59 Å². The molecular formula is C18H18N2O3. The Kier molecular flexibility index (Phi) is 3.78. The fraction of sp³-hybridized carbons (Fsp3) is 0.222. The Bertz CT molecular complexity index is 951. The highest BCUT2D eigenvalue weighted by Crippen LogP contribution is 2.18. The fourth-order valence-electron chi connectivity index (χ4n) is 2.62. The van der Waals surface area contributed by atoms with E-state index in [0.717, 1.165) is 22.4 Å². The molecule has 0 aliphatic rings. The zero-order chi connectivity index (χ0) is 16.6. The van der Waals surface area contributed by atoms with Gasteiger partial charge in [-0.25, -0.2) is 4.79 Å². The molecule has 2 aromatic carbocycles. The molecule has 3 rings (SSSR count). The number of rotatable bonds is 3. The number of carbonyl (C=O) groups excluding carboxylic acids is 1. The van der Waals surface area contributed by atoms with Crippen LogP contribution in [0.5, 0.6) is 0 Å². The van der Waals surface area contributed by atoms with Crippen LogP contribution in [-0.4, -0.2) is 10.5 Å². The molecule has 1 heterocycles. The summed E-state index contributed by atoms with van der Waals surface area (Å²) >= 11 is 0. The number of hydrogen-bond acceptors (Lipinski definition) is 3. The molecule has 0 radical (unpaired) electrons. The fourth-order valence-corrected chi connectivity index (χ4v) is 2.62. The maximum Gasteiger partial charge on any atom is 0.419 e. The van der Waals surface area contributed by atoms with Crippen LogP contribution in [0.4, 0.5) is 5.69 Å². The van der Waals surface area contributed by atoms with Crippen LogP contribution >= 0.6 is 0 Å². The predicted octanol–water partition coefficient (Wildman–Crippen LogP) is 2.93. The summed E-state index contributed by atoms with van der Waals surface area (Å²) in [5.41, 5.74) is 5.05. The van der Waals surface area contributed by atoms with Gasteiger partial charge in [-0.15, -0.1) is 0 Å². The molecule has 0 aliphatic heterocycles. The van der Waals surface area contributed by atoms with E-state index in [2.05, 4.69) is 5.32 Å². The lowest BCUT2D eigenvalue weighted by molar-refractivity contribution is -0.115. The number of nitrogens with zero attached hydrogens (tertiary/aromatic N) is 1. The molecule has 0 bridgehead atoms. The third kappa shape index (κ3) is 3.04. The third-order valence-corrected chi connectivity index (χ3v) is 3.88. The number of hydrogen-bond donors (Lipinski definition) is 1. The zero-order valence-electron chi connectivity index (χ0n) is 13.3. The average Bonchev–Trinajstić information content (AvgIpc) is 2.77. The van der Waals surface area contributed by atoms with Crippen LogP contribution in [-0.2, 0) is 18.3 Å². The summed E-state index contributed by atoms with van der Waals surface area (Å²) in [6.07, 6.45) is 0.239. The molecule has 0 unspecified atom stereocenters. The first kappa shape index (κ1) is 15.1. The Morgan fingerprint density at radius 2 is 1.96 bits per heavy atom. The first-order chi connectivity index (χ1) is 10.9. The highest BCUT2D eigenvalue weighted by atomic mass is 16.4. The van der Waals surface area contributed by atoms with Gasteiger partial charge in [-0.05, 0) is 43.2 Å². The van der Waals surface area contributed by atoms with Crippen LogP contribution in [0.15, 0.2) is 45.6 Å². The summed E-state index contributed by atoms with van der Waals surface area (Å²) in [7, 11) is 1.65. The monoisotopic (exact) mass is 310 g/mol. The first-order valence-corrected chi connectivity index (χ1v) is 7.39. The number of nitrogens with one attached hydrogen (secondary N) is 1. The normalized spacial score (nSPS) is 10.9. The van der Waals surface area contributed by atoms with Gasteiger partial charge < -0.3 is 9.73 Å². The number of anilines is 1. The lowest BCUT2D eigenvalue weighted by atomic mass is 10.1. The van der Waals surface area contributed by atoms with Crippen molar-refractivity contribution in [2.24, 2.45) is 7.05 Å². The highest BCUT2D eigenvalue weighted by Gasteiger charge is 2.10. The molecule has 23 heavy (non-hydrogen) atoms. The molecule has 0 aliphatic carbocycles. The number of amides is 1. The van der Waals surface area contributed by atoms with Crippen molar-refractivity contribution in [2.45, 2.75) is 20.3 Å². The van der Waals surface area contributed by atoms with Crippen LogP contribution in [0.25, 0.3) is 11.1 Å². The van der Waals surface area contributed by atoms with Gasteiger partial charge in [-0.1, -0.05) is 23.8 Å². The zero-order valence-corrected chi connectivity index (χ0v) is 13.3. The molecule has 1 amide bonds. The van der Waals surface area contributed by atoms with E-state index in [1.807, 2.05) is 38.1 Å². The molecule has 3 aromatic rings. The van der Waals surface area contributed by atoms with E-state index < -0.39 is 5.76 Å². The minimum Gasteiger partial charge on any atom is -0.408 e. The van der Waals surface area contributed by atoms with Gasteiger partial charge in [-0.3, -0.25) is 9.36 Å². The van der Waals surface area contributed by atoms with Crippen molar-refractivity contribution in [2.75, 3.05) is 5.32 Å². The molecule has 0 fully saturated rings. The number of aryl methyl sites for hydroxylation is 3. The second-order valence-corrected chi connectivity index (χ2v) is 5.77. The Balaban J connectivity index is 1.79. The average molecular weight is 310 g/mol. The maximum atomic E-state index is 12.2. The van der Waals surface area contributed by atoms with Gasteiger partial charge in [0.05, 0.1) is 11.9 Å². The number of fused-ring (bicyclic) bond motifs is 1. The molecule has 1 N–H and O–H groups in total. The second-order valence-electron chi connectivity index (χ2n) is 5.77. The van der Waals surface area contributed by atoms with E-state index in [1.54, 1.807) is 19.2 Å². The summed E-state index contributed by atoms with van der Waals surface area (Å²) < 4.78 is 6.52. The Morgan fingerprint density at radius 3 is 2.70 bits per heavy atom. The van der Waals surface area contributed by atoms with E-state index in [0.29, 0.717) is 11.1 Å². The van der Waals surface area contributed by atoms with Crippen molar-refractivity contribution in [3.05, 3.63) is 63.6 Å². The van der Waals surface area contributed by atoms with Crippen LogP contribution in [0, 0.1) is 13.8 Å². The van der Waals surface area contributed by atoms with Gasteiger partial charge in [-0.2, -0.15) is 0 Å². The van der Waals surface area contributed by atoms with Crippen molar-refractivity contribution in [3.8, 4) is 0 Å². The number of aromatic nitrogens is 1. The van der Waals surface area contributed by atoms with Crippen molar-refractivity contribution in [1.29, 1.82) is 0 Å². The molecule has 0 spiro atoms. The molecule has 0 saturated carbocycles. The van der Waals surface area contributed by atoms with Crippen molar-refractivity contribution in [1.82, 2.24) is 4.57 Å². The lowest BCUT2D eigenvalue weighted by Gasteiger charge is -2.09. The van der Waals surface area contributed by atoms with Gasteiger partial charge in [0.1, 0.15) is 0 Å². The Morgan fingerprint density at radius 1 is 1.17 bits per heavy atom. The molecule has 0 saturated heterocycles. The van der Waals surface area contributed by atoms with Crippen LogP contribution in [0.1, 0.15) is 16.7 Å². The summed E-state index contributed by atoms with van der Waals surface area (Å²) in [6.45, 7) is 3.99. The van der Waals surface area contributed by atoms with Crippen molar-refractivity contribution < 1.29 is 9.21 Å². The molecule has 118 valence electrons. The first-order valence-electron chi connectivity index (χ1n) is 7.39. The van der Waals surface area contributed by atoms with Gasteiger partial charge in [0.2, 0.25) is 5.91 Å². The van der Waals surface area contributed by atoms with Crippen LogP contribution in [0.3, 0.4) is 0 Å². The summed E-state index contributed by atoms with van der Waals surface area (Å²) in [6, 6.07) is 11.2. The summed E-state index contributed by atoms with van der Waals surface area (Å²) in [5.74, 6) is -0.498. The molecule has 0 atom stereocenters. The van der Waals surface area contributed by atoms with Crippen molar-refractivity contribution in [3.63, 3.8) is 0 Å². The third-order valence-electron chi connectivity index (χ3n) is 3.88. The van der Waals surface area contributed by atoms with Gasteiger partial charge in [0.25, 0.3) is 0 Å². The number of oxazole rings is 1. The van der Waals surface area contributed by atoms with E-state index >= 15 is 0 Å². The second kappa shape index (κ2) is 5.76. The molecular weight excluding hydrogens is 292 g/mol. The Hall–Kier alpha value is -2.82. The van der Waals surface area contributed by atoms with Gasteiger partial charge >= 0.3 is 5.76 Å². The van der Waals surface area contributed by atoms with E-state index in [4.69, 9.17) is 4.42 Å². The highest BCUT2D eigenvalue weighted by molar-refractivity contribution is 5.93. The summed E-state index contributed by atoms with van der Waals surface area (Å²) in [4.78, 5) is 23.7. The SMILES string of the molecule is Cc1ccc(NC(=O)Cc2ccc3oc(=O)n(C)c3c2)c(C)c1. The minimum atomic E-state index is -0.406. The standard InChI is InChI=1S/C18H18N2O3/c1-11-4-6-14(12(2)8-11)19-17(21)10-13-5-7-16-15(9-13)20(3)18(22)23-16/h4-9H,10H2,1-3H3,(H,19,21). The molecule has 1 aromatic heterocycles. The lowest BCUT2D eigenvalue weighted by Crippen LogP contribution is -2.15. The Labute approximate surface area is 133 Å². The quantitative estimate of drug-likeness (QED) is 0.809. The summed E-state index contributed by atoms with van der Waals surface area (Å²) in [5, 5.41) is 2.92. The van der Waals surface area contributed by atoms with Crippen LogP contribution < -0.4 is 11.1 Å². The number of carbonyl (C=O) groups is 1. The van der Waals surface area contributed by atoms with E-state index in [-0.39, 0.29) is 12.3 Å². The van der Waals surface area contributed by atoms with E-state index in [1.165, 1.54) is 4.57 Å². The number of benzene rings is 2. The molecule has 5 heteroatoms. The van der Waals surface area contributed by atoms with Gasteiger partial charge in [0, 0.05) is 12.7 Å². The largest absolute Gasteiger partial charge is 0.419 e. The van der Waals surface area contributed by atoms with Crippen molar-refractivity contribution >= 4 is 22.7 Å². The predicted molar refractivity (Wildman–Crippen MR) is 89.7 cm³/mol. The smallest absolute Gasteiger partial charge is 0.408 e. The van der Waals surface area contributed by atoms with Crippen LogP contribution in [0.2, 0.25) is 0 Å². The topological polar surface area (TPSA) is 64.2 Å². The van der Waals surface area contributed by atoms with Gasteiger partial charge in [0.15, 0.2) is 5.58 Å². The maximum absolute atomic E-state index is 12.2. The molecule has 5 nitrogen and oxygen atoms in total. The minimum absolute atomic E-state index is 0.0928.